The Kier molecular flexibility index (Phi) is 8.68. The summed E-state index contributed by atoms with van der Waals surface area (Å²) in [7, 11) is 1.45. The lowest BCUT2D eigenvalue weighted by Crippen LogP contribution is -2.49. The van der Waals surface area contributed by atoms with Gasteiger partial charge in [0.1, 0.15) is 17.6 Å². The van der Waals surface area contributed by atoms with Crippen LogP contribution in [0.3, 0.4) is 0 Å². The Morgan fingerprint density at radius 2 is 1.77 bits per heavy atom. The van der Waals surface area contributed by atoms with Crippen molar-refractivity contribution in [3.05, 3.63) is 58.1 Å². The maximum atomic E-state index is 13.8. The SMILES string of the molecule is COc1cc(C#N)c(OC2CCC(C)(C(=O)O)CC2)cc1C(=O)NC1C2CCC(C2)C1C(=O)NCc1cc(C)ccc1C. The van der Waals surface area contributed by atoms with E-state index in [-0.39, 0.29) is 64.3 Å². The standard InChI is InChI=1S/C34H41N3O6/c1-19-5-6-20(2)24(13-19)18-36-32(39)29-21-7-8-22(14-21)30(29)37-31(38)26-16-27(23(17-35)15-28(26)42-4)43-25-9-11-34(3,12-10-25)33(40)41/h5-6,13,15-16,21-22,25,29-30H,7-12,14,18H2,1-4H3,(H,36,39)(H,37,38)(H,40,41). The minimum Gasteiger partial charge on any atom is -0.496 e. The number of nitrogens with zero attached hydrogens (tertiary/aromatic N) is 1. The minimum atomic E-state index is -0.815. The van der Waals surface area contributed by atoms with Gasteiger partial charge in [-0.15, -0.1) is 0 Å². The number of amides is 2. The van der Waals surface area contributed by atoms with E-state index in [9.17, 15) is 24.8 Å². The number of nitriles is 1. The van der Waals surface area contributed by atoms with Crippen LogP contribution in [0.1, 0.15) is 84.5 Å². The van der Waals surface area contributed by atoms with E-state index >= 15 is 0 Å². The summed E-state index contributed by atoms with van der Waals surface area (Å²) >= 11 is 0. The van der Waals surface area contributed by atoms with E-state index in [1.165, 1.54) is 13.2 Å². The second kappa shape index (κ2) is 12.3. The number of ether oxygens (including phenoxy) is 2. The monoisotopic (exact) mass is 587 g/mol. The molecule has 9 heteroatoms. The van der Waals surface area contributed by atoms with Crippen LogP contribution in [0, 0.1) is 48.3 Å². The molecule has 3 aliphatic carbocycles. The molecular weight excluding hydrogens is 546 g/mol. The first-order valence-corrected chi connectivity index (χ1v) is 15.2. The van der Waals surface area contributed by atoms with E-state index in [0.29, 0.717) is 32.2 Å². The van der Waals surface area contributed by atoms with Crippen molar-refractivity contribution < 1.29 is 29.0 Å². The molecule has 2 amide bonds. The lowest BCUT2D eigenvalue weighted by molar-refractivity contribution is -0.150. The average molecular weight is 588 g/mol. The molecule has 0 aromatic heterocycles. The van der Waals surface area contributed by atoms with Crippen molar-refractivity contribution in [3.63, 3.8) is 0 Å². The normalized spacial score (nSPS) is 27.7. The number of aliphatic carboxylic acids is 1. The van der Waals surface area contributed by atoms with Crippen LogP contribution in [0.4, 0.5) is 0 Å². The fourth-order valence-electron chi connectivity index (χ4n) is 7.23. The number of fused-ring (bicyclic) bond motifs is 2. The number of hydrogen-bond acceptors (Lipinski definition) is 6. The quantitative estimate of drug-likeness (QED) is 0.373. The molecule has 9 nitrogen and oxygen atoms in total. The largest absolute Gasteiger partial charge is 0.496 e. The molecule has 228 valence electrons. The number of hydrogen-bond donors (Lipinski definition) is 3. The zero-order valence-corrected chi connectivity index (χ0v) is 25.4. The summed E-state index contributed by atoms with van der Waals surface area (Å²) in [5, 5.41) is 25.7. The van der Waals surface area contributed by atoms with Gasteiger partial charge in [0.15, 0.2) is 0 Å². The van der Waals surface area contributed by atoms with E-state index in [1.54, 1.807) is 13.0 Å². The highest BCUT2D eigenvalue weighted by atomic mass is 16.5. The third kappa shape index (κ3) is 6.20. The predicted octanol–water partition coefficient (Wildman–Crippen LogP) is 5.06. The molecule has 4 atom stereocenters. The zero-order valence-electron chi connectivity index (χ0n) is 25.4. The number of carboxylic acids is 1. The molecule has 2 bridgehead atoms. The summed E-state index contributed by atoms with van der Waals surface area (Å²) in [6, 6.07) is 11.1. The van der Waals surface area contributed by atoms with Crippen molar-refractivity contribution in [2.24, 2.45) is 23.2 Å². The maximum absolute atomic E-state index is 13.8. The summed E-state index contributed by atoms with van der Waals surface area (Å²) in [6.45, 7) is 6.25. The van der Waals surface area contributed by atoms with Crippen molar-refractivity contribution in [3.8, 4) is 17.6 Å². The molecule has 5 rings (SSSR count). The van der Waals surface area contributed by atoms with E-state index in [0.717, 1.165) is 36.0 Å². The lowest BCUT2D eigenvalue weighted by Gasteiger charge is -2.34. The van der Waals surface area contributed by atoms with Crippen LogP contribution in [-0.4, -0.2) is 42.1 Å². The Bertz CT molecular complexity index is 1450. The van der Waals surface area contributed by atoms with Crippen LogP contribution in [-0.2, 0) is 16.1 Å². The van der Waals surface area contributed by atoms with Crippen LogP contribution in [0.5, 0.6) is 11.5 Å². The van der Waals surface area contributed by atoms with Crippen LogP contribution < -0.4 is 20.1 Å². The summed E-state index contributed by atoms with van der Waals surface area (Å²) in [5.74, 6) is -0.591. The Hall–Kier alpha value is -4.06. The van der Waals surface area contributed by atoms with Gasteiger partial charge in [0.2, 0.25) is 5.91 Å². The second-order valence-electron chi connectivity index (χ2n) is 12.8. The molecule has 0 heterocycles. The van der Waals surface area contributed by atoms with Crippen LogP contribution in [0.15, 0.2) is 30.3 Å². The molecule has 3 fully saturated rings. The van der Waals surface area contributed by atoms with Crippen LogP contribution >= 0.6 is 0 Å². The molecule has 0 radical (unpaired) electrons. The van der Waals surface area contributed by atoms with Crippen molar-refractivity contribution >= 4 is 17.8 Å². The van der Waals surface area contributed by atoms with Crippen LogP contribution in [0.2, 0.25) is 0 Å². The van der Waals surface area contributed by atoms with E-state index in [4.69, 9.17) is 9.47 Å². The molecule has 3 aliphatic rings. The lowest BCUT2D eigenvalue weighted by atomic mass is 9.75. The van der Waals surface area contributed by atoms with E-state index in [1.807, 2.05) is 13.8 Å². The Balaban J connectivity index is 1.31. The predicted molar refractivity (Wildman–Crippen MR) is 160 cm³/mol. The summed E-state index contributed by atoms with van der Waals surface area (Å²) < 4.78 is 11.7. The third-order valence-electron chi connectivity index (χ3n) is 9.99. The molecule has 3 saturated carbocycles. The Morgan fingerprint density at radius 1 is 1.05 bits per heavy atom. The second-order valence-corrected chi connectivity index (χ2v) is 12.8. The van der Waals surface area contributed by atoms with E-state index < -0.39 is 11.4 Å². The highest BCUT2D eigenvalue weighted by Gasteiger charge is 2.51. The van der Waals surface area contributed by atoms with Crippen LogP contribution in [0.25, 0.3) is 0 Å². The van der Waals surface area contributed by atoms with Gasteiger partial charge in [-0.1, -0.05) is 23.8 Å². The number of carbonyl (C=O) groups excluding carboxylic acids is 2. The van der Waals surface area contributed by atoms with E-state index in [2.05, 4.69) is 34.9 Å². The first-order chi connectivity index (χ1) is 20.5. The van der Waals surface area contributed by atoms with Crippen molar-refractivity contribution in [2.75, 3.05) is 7.11 Å². The van der Waals surface area contributed by atoms with Gasteiger partial charge in [-0.3, -0.25) is 14.4 Å². The van der Waals surface area contributed by atoms with Gasteiger partial charge >= 0.3 is 5.97 Å². The first kappa shape index (κ1) is 30.4. The molecule has 3 N–H and O–H groups in total. The van der Waals surface area contributed by atoms with Crippen molar-refractivity contribution in [1.29, 1.82) is 5.26 Å². The number of aryl methyl sites for hydroxylation is 2. The maximum Gasteiger partial charge on any atom is 0.309 e. The molecule has 2 aromatic rings. The smallest absolute Gasteiger partial charge is 0.309 e. The Labute approximate surface area is 252 Å². The van der Waals surface area contributed by atoms with Gasteiger partial charge < -0.3 is 25.2 Å². The molecule has 0 saturated heterocycles. The number of rotatable bonds is 9. The molecule has 2 aromatic carbocycles. The number of benzene rings is 2. The van der Waals surface area contributed by atoms with Gasteiger partial charge in [-0.05, 0) is 94.7 Å². The molecule has 0 aliphatic heterocycles. The van der Waals surface area contributed by atoms with Crippen molar-refractivity contribution in [2.45, 2.75) is 84.4 Å². The summed E-state index contributed by atoms with van der Waals surface area (Å²) in [6.07, 6.45) is 4.58. The van der Waals surface area contributed by atoms with Crippen molar-refractivity contribution in [1.82, 2.24) is 10.6 Å². The number of nitrogens with one attached hydrogen (secondary N) is 2. The third-order valence-corrected chi connectivity index (χ3v) is 9.99. The highest BCUT2D eigenvalue weighted by Crippen LogP contribution is 2.49. The minimum absolute atomic E-state index is 0.0418. The first-order valence-electron chi connectivity index (χ1n) is 15.2. The number of carboxylic acid groups (broad SMARTS) is 1. The van der Waals surface area contributed by atoms with Gasteiger partial charge in [0.25, 0.3) is 5.91 Å². The number of carbonyl (C=O) groups is 3. The fraction of sp³-hybridized carbons (Fsp3) is 0.529. The van der Waals surface area contributed by atoms with Gasteiger partial charge in [0, 0.05) is 18.7 Å². The van der Waals surface area contributed by atoms with Gasteiger partial charge in [0.05, 0.1) is 35.7 Å². The highest BCUT2D eigenvalue weighted by molar-refractivity contribution is 5.98. The fourth-order valence-corrected chi connectivity index (χ4v) is 7.23. The van der Waals surface area contributed by atoms with Gasteiger partial charge in [-0.25, -0.2) is 0 Å². The summed E-state index contributed by atoms with van der Waals surface area (Å²) in [5.41, 5.74) is 3.03. The molecule has 43 heavy (non-hydrogen) atoms. The Morgan fingerprint density at radius 3 is 2.44 bits per heavy atom. The molecule has 4 unspecified atom stereocenters. The number of methoxy groups -OCH3 is 1. The van der Waals surface area contributed by atoms with Gasteiger partial charge in [-0.2, -0.15) is 5.26 Å². The topological polar surface area (TPSA) is 138 Å². The average Bonchev–Trinajstić information content (AvgIpc) is 3.60. The molecular formula is C34H41N3O6. The molecule has 0 spiro atoms. The zero-order chi connectivity index (χ0) is 30.9. The summed E-state index contributed by atoms with van der Waals surface area (Å²) in [4.78, 5) is 38.9.